The number of thiazole rings is 1. The van der Waals surface area contributed by atoms with Crippen LogP contribution in [0.25, 0.3) is 0 Å². The van der Waals surface area contributed by atoms with Crippen LogP contribution >= 0.6 is 11.3 Å². The molecule has 1 saturated carbocycles. The predicted octanol–water partition coefficient (Wildman–Crippen LogP) is 3.79. The molecule has 1 N–H and O–H groups in total. The summed E-state index contributed by atoms with van der Waals surface area (Å²) in [6.07, 6.45) is 2.44. The van der Waals surface area contributed by atoms with Crippen molar-refractivity contribution in [3.63, 3.8) is 0 Å². The summed E-state index contributed by atoms with van der Waals surface area (Å²) in [6, 6.07) is 0. The minimum Gasteiger partial charge on any atom is -0.466 e. The summed E-state index contributed by atoms with van der Waals surface area (Å²) in [7, 11) is 0. The zero-order valence-electron chi connectivity index (χ0n) is 11.2. The molecule has 0 spiro atoms. The number of amides is 1. The van der Waals surface area contributed by atoms with Gasteiger partial charge in [-0.2, -0.15) is 0 Å². The van der Waals surface area contributed by atoms with E-state index in [1.165, 1.54) is 24.2 Å². The molecule has 1 aliphatic carbocycles. The molecular formula is C14H16N2O2S. The second-order valence-electron chi connectivity index (χ2n) is 5.02. The van der Waals surface area contributed by atoms with Crippen LogP contribution in [-0.4, -0.2) is 10.9 Å². The van der Waals surface area contributed by atoms with E-state index < -0.39 is 0 Å². The third-order valence-electron chi connectivity index (χ3n) is 3.53. The van der Waals surface area contributed by atoms with Crippen LogP contribution in [0.3, 0.4) is 0 Å². The van der Waals surface area contributed by atoms with Crippen molar-refractivity contribution >= 4 is 22.4 Å². The SMILES string of the molecule is Cc1oc(C)c(C(=O)Nc2nc(C3CC3)cs2)c1C. The fraction of sp³-hybridized carbons (Fsp3) is 0.429. The molecule has 0 saturated heterocycles. The van der Waals surface area contributed by atoms with Crippen LogP contribution in [0, 0.1) is 20.8 Å². The Bertz CT molecular complexity index is 638. The molecule has 1 aliphatic rings. The van der Waals surface area contributed by atoms with Gasteiger partial charge >= 0.3 is 0 Å². The molecule has 0 aromatic carbocycles. The van der Waals surface area contributed by atoms with Gasteiger partial charge in [-0.3, -0.25) is 10.1 Å². The number of rotatable bonds is 3. The van der Waals surface area contributed by atoms with Gasteiger partial charge in [-0.1, -0.05) is 0 Å². The van der Waals surface area contributed by atoms with Gasteiger partial charge in [0.15, 0.2) is 5.13 Å². The average Bonchev–Trinajstić information content (AvgIpc) is 3.04. The summed E-state index contributed by atoms with van der Waals surface area (Å²) in [6.45, 7) is 5.58. The Morgan fingerprint density at radius 3 is 2.68 bits per heavy atom. The van der Waals surface area contributed by atoms with Gasteiger partial charge in [-0.25, -0.2) is 4.98 Å². The maximum Gasteiger partial charge on any atom is 0.261 e. The summed E-state index contributed by atoms with van der Waals surface area (Å²) in [5.74, 6) is 1.93. The maximum atomic E-state index is 12.3. The largest absolute Gasteiger partial charge is 0.466 e. The molecule has 0 bridgehead atoms. The third kappa shape index (κ3) is 2.30. The van der Waals surface area contributed by atoms with Crippen LogP contribution < -0.4 is 5.32 Å². The first kappa shape index (κ1) is 12.4. The van der Waals surface area contributed by atoms with Crippen molar-refractivity contribution in [3.05, 3.63) is 33.7 Å². The number of aromatic nitrogens is 1. The first-order valence-electron chi connectivity index (χ1n) is 6.39. The summed E-state index contributed by atoms with van der Waals surface area (Å²) in [4.78, 5) is 16.7. The molecule has 4 nitrogen and oxygen atoms in total. The molecular weight excluding hydrogens is 260 g/mol. The van der Waals surface area contributed by atoms with E-state index >= 15 is 0 Å². The molecule has 19 heavy (non-hydrogen) atoms. The Labute approximate surface area is 115 Å². The van der Waals surface area contributed by atoms with E-state index in [2.05, 4.69) is 10.3 Å². The van der Waals surface area contributed by atoms with Crippen LogP contribution in [0.4, 0.5) is 5.13 Å². The van der Waals surface area contributed by atoms with Gasteiger partial charge in [0.2, 0.25) is 0 Å². The Balaban J connectivity index is 1.79. The minimum atomic E-state index is -0.136. The molecule has 0 radical (unpaired) electrons. The summed E-state index contributed by atoms with van der Waals surface area (Å²) >= 11 is 1.49. The maximum absolute atomic E-state index is 12.3. The van der Waals surface area contributed by atoms with E-state index in [4.69, 9.17) is 4.42 Å². The van der Waals surface area contributed by atoms with Crippen molar-refractivity contribution in [3.8, 4) is 0 Å². The van der Waals surface area contributed by atoms with Crippen molar-refractivity contribution in [1.82, 2.24) is 4.98 Å². The second-order valence-corrected chi connectivity index (χ2v) is 5.88. The Kier molecular flexibility index (Phi) is 2.93. The summed E-state index contributed by atoms with van der Waals surface area (Å²) in [5, 5.41) is 5.57. The molecule has 2 aromatic heterocycles. The van der Waals surface area contributed by atoms with Crippen LogP contribution in [0.1, 0.15) is 51.9 Å². The third-order valence-corrected chi connectivity index (χ3v) is 4.30. The van der Waals surface area contributed by atoms with Crippen molar-refractivity contribution < 1.29 is 9.21 Å². The predicted molar refractivity (Wildman–Crippen MR) is 75.0 cm³/mol. The lowest BCUT2D eigenvalue weighted by Crippen LogP contribution is -2.13. The Morgan fingerprint density at radius 2 is 2.11 bits per heavy atom. The molecule has 5 heteroatoms. The Morgan fingerprint density at radius 1 is 1.37 bits per heavy atom. The zero-order chi connectivity index (χ0) is 13.6. The molecule has 0 aliphatic heterocycles. The fourth-order valence-corrected chi connectivity index (χ4v) is 2.98. The highest BCUT2D eigenvalue weighted by Crippen LogP contribution is 2.40. The number of hydrogen-bond acceptors (Lipinski definition) is 4. The van der Waals surface area contributed by atoms with Gasteiger partial charge in [-0.05, 0) is 33.6 Å². The topological polar surface area (TPSA) is 55.1 Å². The van der Waals surface area contributed by atoms with Gasteiger partial charge in [0.25, 0.3) is 5.91 Å². The van der Waals surface area contributed by atoms with E-state index in [-0.39, 0.29) is 5.91 Å². The Hall–Kier alpha value is -1.62. The molecule has 1 fully saturated rings. The molecule has 3 rings (SSSR count). The highest BCUT2D eigenvalue weighted by atomic mass is 32.1. The highest BCUT2D eigenvalue weighted by molar-refractivity contribution is 7.14. The summed E-state index contributed by atoms with van der Waals surface area (Å²) in [5.41, 5.74) is 2.63. The lowest BCUT2D eigenvalue weighted by molar-refractivity contribution is 0.102. The number of nitrogens with zero attached hydrogens (tertiary/aromatic N) is 1. The lowest BCUT2D eigenvalue weighted by Gasteiger charge is -2.01. The van der Waals surface area contributed by atoms with Crippen molar-refractivity contribution in [2.45, 2.75) is 39.5 Å². The smallest absolute Gasteiger partial charge is 0.261 e. The van der Waals surface area contributed by atoms with Crippen molar-refractivity contribution in [1.29, 1.82) is 0 Å². The standard InChI is InChI=1S/C14H16N2O2S/c1-7-8(2)18-9(3)12(7)13(17)16-14-15-11(6-19-14)10-4-5-10/h6,10H,4-5H2,1-3H3,(H,15,16,17). The monoisotopic (exact) mass is 276 g/mol. The quantitative estimate of drug-likeness (QED) is 0.928. The van der Waals surface area contributed by atoms with E-state index in [9.17, 15) is 4.79 Å². The summed E-state index contributed by atoms with van der Waals surface area (Å²) < 4.78 is 5.48. The first-order chi connectivity index (χ1) is 9.06. The molecule has 2 aromatic rings. The van der Waals surface area contributed by atoms with Crippen LogP contribution in [0.5, 0.6) is 0 Å². The van der Waals surface area contributed by atoms with Crippen molar-refractivity contribution in [2.75, 3.05) is 5.32 Å². The van der Waals surface area contributed by atoms with Gasteiger partial charge in [-0.15, -0.1) is 11.3 Å². The molecule has 100 valence electrons. The van der Waals surface area contributed by atoms with Crippen LogP contribution in [0.15, 0.2) is 9.80 Å². The van der Waals surface area contributed by atoms with E-state index in [0.717, 1.165) is 17.0 Å². The fourth-order valence-electron chi connectivity index (χ4n) is 2.20. The molecule has 1 amide bonds. The van der Waals surface area contributed by atoms with E-state index in [0.29, 0.717) is 22.4 Å². The molecule has 0 unspecified atom stereocenters. The van der Waals surface area contributed by atoms with E-state index in [1.807, 2.05) is 26.2 Å². The highest BCUT2D eigenvalue weighted by Gasteiger charge is 2.26. The normalized spacial score (nSPS) is 14.7. The number of nitrogens with one attached hydrogen (secondary N) is 1. The lowest BCUT2D eigenvalue weighted by atomic mass is 10.1. The molecule has 2 heterocycles. The number of hydrogen-bond donors (Lipinski definition) is 1. The van der Waals surface area contributed by atoms with Gasteiger partial charge in [0.1, 0.15) is 11.5 Å². The van der Waals surface area contributed by atoms with Gasteiger partial charge in [0, 0.05) is 16.9 Å². The first-order valence-corrected chi connectivity index (χ1v) is 7.27. The number of carbonyl (C=O) groups is 1. The second kappa shape index (κ2) is 4.49. The number of furan rings is 1. The number of carbonyl (C=O) groups excluding carboxylic acids is 1. The van der Waals surface area contributed by atoms with Crippen LogP contribution in [0.2, 0.25) is 0 Å². The number of aryl methyl sites for hydroxylation is 2. The minimum absolute atomic E-state index is 0.136. The zero-order valence-corrected chi connectivity index (χ0v) is 12.1. The van der Waals surface area contributed by atoms with Crippen LogP contribution in [-0.2, 0) is 0 Å². The average molecular weight is 276 g/mol. The van der Waals surface area contributed by atoms with Gasteiger partial charge in [0.05, 0.1) is 11.3 Å². The molecule has 0 atom stereocenters. The van der Waals surface area contributed by atoms with Crippen molar-refractivity contribution in [2.24, 2.45) is 0 Å². The van der Waals surface area contributed by atoms with E-state index in [1.54, 1.807) is 0 Å². The number of anilines is 1. The van der Waals surface area contributed by atoms with Gasteiger partial charge < -0.3 is 4.42 Å².